The number of rotatable bonds is 9. The number of nitrogens with one attached hydrogen (secondary N) is 1. The van der Waals surface area contributed by atoms with Gasteiger partial charge in [0, 0.05) is 19.6 Å². The van der Waals surface area contributed by atoms with Gasteiger partial charge in [-0.05, 0) is 55.5 Å². The molecule has 0 saturated carbocycles. The molecule has 0 bridgehead atoms. The molecule has 31 heavy (non-hydrogen) atoms. The van der Waals surface area contributed by atoms with Gasteiger partial charge in [0.1, 0.15) is 0 Å². The Morgan fingerprint density at radius 2 is 1.84 bits per heavy atom. The van der Waals surface area contributed by atoms with Crippen LogP contribution in [0.3, 0.4) is 0 Å². The van der Waals surface area contributed by atoms with E-state index in [2.05, 4.69) is 5.32 Å². The summed E-state index contributed by atoms with van der Waals surface area (Å²) in [5.74, 6) is 0.964. The quantitative estimate of drug-likeness (QED) is 0.599. The molecule has 1 amide bonds. The van der Waals surface area contributed by atoms with Crippen LogP contribution in [0.25, 0.3) is 0 Å². The summed E-state index contributed by atoms with van der Waals surface area (Å²) in [6.07, 6.45) is 2.94. The minimum Gasteiger partial charge on any atom is -0.493 e. The fourth-order valence-electron chi connectivity index (χ4n) is 3.80. The van der Waals surface area contributed by atoms with Gasteiger partial charge in [-0.3, -0.25) is 4.79 Å². The zero-order chi connectivity index (χ0) is 22.3. The minimum absolute atomic E-state index is 0.0831. The third kappa shape index (κ3) is 5.77. The molecule has 0 spiro atoms. The molecule has 8 heteroatoms. The van der Waals surface area contributed by atoms with Crippen LogP contribution in [0.2, 0.25) is 0 Å². The van der Waals surface area contributed by atoms with Crippen molar-refractivity contribution in [2.45, 2.75) is 30.6 Å². The molecule has 1 N–H and O–H groups in total. The molecule has 1 fully saturated rings. The number of carbonyl (C=O) groups is 1. The lowest BCUT2D eigenvalue weighted by Gasteiger charge is -2.31. The monoisotopic (exact) mass is 446 g/mol. The number of methoxy groups -OCH3 is 2. The molecule has 0 aliphatic carbocycles. The lowest BCUT2D eigenvalue weighted by atomic mass is 9.99. The number of hydrogen-bond donors (Lipinski definition) is 1. The number of ether oxygens (including phenoxy) is 2. The van der Waals surface area contributed by atoms with Gasteiger partial charge in [-0.15, -0.1) is 0 Å². The van der Waals surface area contributed by atoms with Gasteiger partial charge in [-0.1, -0.05) is 24.3 Å². The first-order chi connectivity index (χ1) is 15.0. The van der Waals surface area contributed by atoms with Crippen LogP contribution < -0.4 is 14.8 Å². The van der Waals surface area contributed by atoms with Crippen LogP contribution in [0.1, 0.15) is 24.8 Å². The predicted molar refractivity (Wildman–Crippen MR) is 119 cm³/mol. The summed E-state index contributed by atoms with van der Waals surface area (Å²) in [6, 6.07) is 14.2. The van der Waals surface area contributed by atoms with E-state index in [0.717, 1.165) is 18.4 Å². The summed E-state index contributed by atoms with van der Waals surface area (Å²) in [7, 11) is -0.365. The van der Waals surface area contributed by atoms with E-state index in [4.69, 9.17) is 9.47 Å². The molecular formula is C23H30N2O5S. The normalized spacial score (nSPS) is 17.2. The van der Waals surface area contributed by atoms with E-state index in [0.29, 0.717) is 37.4 Å². The summed E-state index contributed by atoms with van der Waals surface area (Å²) in [5, 5.41) is 2.97. The van der Waals surface area contributed by atoms with Gasteiger partial charge in [-0.2, -0.15) is 4.31 Å². The minimum atomic E-state index is -3.57. The molecule has 2 aromatic rings. The highest BCUT2D eigenvalue weighted by molar-refractivity contribution is 7.89. The average molecular weight is 447 g/mol. The second kappa shape index (κ2) is 10.6. The summed E-state index contributed by atoms with van der Waals surface area (Å²) in [5.41, 5.74) is 1.10. The van der Waals surface area contributed by atoms with Crippen LogP contribution in [-0.2, 0) is 21.2 Å². The summed E-state index contributed by atoms with van der Waals surface area (Å²) >= 11 is 0. The highest BCUT2D eigenvalue weighted by atomic mass is 32.2. The van der Waals surface area contributed by atoms with Crippen molar-refractivity contribution >= 4 is 15.9 Å². The van der Waals surface area contributed by atoms with Gasteiger partial charge in [0.25, 0.3) is 0 Å². The molecule has 1 heterocycles. The van der Waals surface area contributed by atoms with Gasteiger partial charge in [0.2, 0.25) is 15.9 Å². The van der Waals surface area contributed by atoms with Crippen LogP contribution in [0, 0.1) is 5.92 Å². The Hall–Kier alpha value is -2.58. The van der Waals surface area contributed by atoms with Crippen LogP contribution >= 0.6 is 0 Å². The largest absolute Gasteiger partial charge is 0.493 e. The molecular weight excluding hydrogens is 416 g/mol. The molecule has 2 aromatic carbocycles. The maximum atomic E-state index is 12.8. The van der Waals surface area contributed by atoms with E-state index in [-0.39, 0.29) is 23.3 Å². The number of amides is 1. The van der Waals surface area contributed by atoms with Gasteiger partial charge >= 0.3 is 0 Å². The Morgan fingerprint density at radius 3 is 2.55 bits per heavy atom. The molecule has 1 atom stereocenters. The lowest BCUT2D eigenvalue weighted by Crippen LogP contribution is -2.45. The Labute approximate surface area is 184 Å². The molecule has 7 nitrogen and oxygen atoms in total. The number of nitrogens with zero attached hydrogens (tertiary/aromatic N) is 1. The third-order valence-electron chi connectivity index (χ3n) is 5.53. The number of sulfonamides is 1. The van der Waals surface area contributed by atoms with Crippen LogP contribution in [0.5, 0.6) is 11.5 Å². The van der Waals surface area contributed by atoms with Crippen LogP contribution in [0.15, 0.2) is 53.4 Å². The van der Waals surface area contributed by atoms with Crippen LogP contribution in [-0.4, -0.2) is 52.5 Å². The number of piperidine rings is 1. The van der Waals surface area contributed by atoms with E-state index in [1.54, 1.807) is 44.6 Å². The van der Waals surface area contributed by atoms with Gasteiger partial charge in [0.05, 0.1) is 25.0 Å². The number of carbonyl (C=O) groups excluding carboxylic acids is 1. The number of hydrogen-bond acceptors (Lipinski definition) is 5. The number of benzene rings is 2. The number of aryl methyl sites for hydroxylation is 1. The predicted octanol–water partition coefficient (Wildman–Crippen LogP) is 2.85. The highest BCUT2D eigenvalue weighted by Crippen LogP contribution is 2.28. The molecule has 1 aliphatic rings. The first-order valence-corrected chi connectivity index (χ1v) is 11.9. The first kappa shape index (κ1) is 23.1. The molecule has 1 saturated heterocycles. The fourth-order valence-corrected chi connectivity index (χ4v) is 5.35. The van der Waals surface area contributed by atoms with Crippen molar-refractivity contribution in [2.75, 3.05) is 33.9 Å². The van der Waals surface area contributed by atoms with Crippen molar-refractivity contribution in [3.8, 4) is 11.5 Å². The van der Waals surface area contributed by atoms with Crippen molar-refractivity contribution < 1.29 is 22.7 Å². The summed E-state index contributed by atoms with van der Waals surface area (Å²) in [6.45, 7) is 1.20. The molecule has 168 valence electrons. The van der Waals surface area contributed by atoms with Gasteiger partial charge < -0.3 is 14.8 Å². The SMILES string of the molecule is COc1ccc(CCCNC(=O)[C@@H]2CCCN(S(=O)(=O)c3ccccc3)C2)cc1OC. The Balaban J connectivity index is 1.49. The van der Waals surface area contributed by atoms with Gasteiger partial charge in [-0.25, -0.2) is 8.42 Å². The Bertz CT molecular complexity index is 979. The second-order valence-electron chi connectivity index (χ2n) is 7.60. The van der Waals surface area contributed by atoms with Gasteiger partial charge in [0.15, 0.2) is 11.5 Å². The van der Waals surface area contributed by atoms with Crippen molar-refractivity contribution in [3.05, 3.63) is 54.1 Å². The zero-order valence-corrected chi connectivity index (χ0v) is 18.9. The van der Waals surface area contributed by atoms with E-state index < -0.39 is 10.0 Å². The topological polar surface area (TPSA) is 84.9 Å². The highest BCUT2D eigenvalue weighted by Gasteiger charge is 2.33. The van der Waals surface area contributed by atoms with Crippen LogP contribution in [0.4, 0.5) is 0 Å². The Kier molecular flexibility index (Phi) is 7.92. The summed E-state index contributed by atoms with van der Waals surface area (Å²) in [4.78, 5) is 12.9. The maximum Gasteiger partial charge on any atom is 0.243 e. The second-order valence-corrected chi connectivity index (χ2v) is 9.54. The van der Waals surface area contributed by atoms with E-state index in [9.17, 15) is 13.2 Å². The van der Waals surface area contributed by atoms with E-state index in [1.165, 1.54) is 4.31 Å². The first-order valence-electron chi connectivity index (χ1n) is 10.5. The smallest absolute Gasteiger partial charge is 0.243 e. The average Bonchev–Trinajstić information content (AvgIpc) is 2.82. The van der Waals surface area contributed by atoms with E-state index >= 15 is 0 Å². The van der Waals surface area contributed by atoms with Crippen molar-refractivity contribution in [2.24, 2.45) is 5.92 Å². The Morgan fingerprint density at radius 1 is 1.10 bits per heavy atom. The fraction of sp³-hybridized carbons (Fsp3) is 0.435. The molecule has 0 radical (unpaired) electrons. The molecule has 3 rings (SSSR count). The molecule has 0 unspecified atom stereocenters. The third-order valence-corrected chi connectivity index (χ3v) is 7.40. The van der Waals surface area contributed by atoms with Crippen molar-refractivity contribution in [3.63, 3.8) is 0 Å². The van der Waals surface area contributed by atoms with E-state index in [1.807, 2.05) is 18.2 Å². The van der Waals surface area contributed by atoms with Crippen molar-refractivity contribution in [1.82, 2.24) is 9.62 Å². The summed E-state index contributed by atoms with van der Waals surface area (Å²) < 4.78 is 37.7. The van der Waals surface area contributed by atoms with Crippen molar-refractivity contribution in [1.29, 1.82) is 0 Å². The zero-order valence-electron chi connectivity index (χ0n) is 18.0. The molecule has 1 aliphatic heterocycles. The standard InChI is InChI=1S/C23H30N2O5S/c1-29-21-13-12-18(16-22(21)30-2)8-6-14-24-23(26)19-9-7-15-25(17-19)31(27,28)20-10-4-3-5-11-20/h3-5,10-13,16,19H,6-9,14-15,17H2,1-2H3,(H,24,26)/t19-/m1/s1. The maximum absolute atomic E-state index is 12.8. The lowest BCUT2D eigenvalue weighted by molar-refractivity contribution is -0.126. The molecule has 0 aromatic heterocycles.